The summed E-state index contributed by atoms with van der Waals surface area (Å²) in [4.78, 5) is 26.0. The highest BCUT2D eigenvalue weighted by atomic mass is 79.9. The van der Waals surface area contributed by atoms with Gasteiger partial charge in [-0.25, -0.2) is 4.79 Å². The second-order valence-corrected chi connectivity index (χ2v) is 7.01. The summed E-state index contributed by atoms with van der Waals surface area (Å²) in [5.41, 5.74) is 0. The lowest BCUT2D eigenvalue weighted by Crippen LogP contribution is -2.40. The molecule has 0 saturated carbocycles. The van der Waals surface area contributed by atoms with Crippen molar-refractivity contribution >= 4 is 39.6 Å². The quantitative estimate of drug-likeness (QED) is 0.759. The zero-order chi connectivity index (χ0) is 16.1. The average molecular weight is 388 g/mol. The Kier molecular flexibility index (Phi) is 6.28. The summed E-state index contributed by atoms with van der Waals surface area (Å²) >= 11 is 5.04. The molecule has 1 N–H and O–H groups in total. The van der Waals surface area contributed by atoms with Gasteiger partial charge in [-0.2, -0.15) is 0 Å². The molecule has 1 aromatic rings. The van der Waals surface area contributed by atoms with Crippen molar-refractivity contribution in [1.29, 1.82) is 0 Å². The molecular formula is C15H18BrNO4S. The molecule has 0 bridgehead atoms. The number of amides is 1. The van der Waals surface area contributed by atoms with Gasteiger partial charge in [-0.3, -0.25) is 4.79 Å². The molecule has 1 heterocycles. The zero-order valence-electron chi connectivity index (χ0n) is 12.2. The fourth-order valence-corrected chi connectivity index (χ4v) is 3.94. The minimum absolute atomic E-state index is 0.133. The molecule has 1 amide bonds. The van der Waals surface area contributed by atoms with Crippen molar-refractivity contribution in [2.45, 2.75) is 29.9 Å². The molecule has 0 spiro atoms. The van der Waals surface area contributed by atoms with Crippen LogP contribution in [0.1, 0.15) is 12.8 Å². The number of carbonyl (C=O) groups is 2. The Morgan fingerprint density at radius 2 is 2.18 bits per heavy atom. The smallest absolute Gasteiger partial charge is 0.326 e. The number of thioether (sulfide) groups is 1. The first-order valence-corrected chi connectivity index (χ1v) is 8.73. The summed E-state index contributed by atoms with van der Waals surface area (Å²) in [5, 5.41) is 9.22. The van der Waals surface area contributed by atoms with Crippen LogP contribution >= 0.6 is 27.7 Å². The molecule has 0 radical (unpaired) electrons. The number of carboxylic acid groups (broad SMARTS) is 1. The number of rotatable bonds is 6. The molecule has 7 heteroatoms. The van der Waals surface area contributed by atoms with Crippen LogP contribution in [0.25, 0.3) is 0 Å². The van der Waals surface area contributed by atoms with Gasteiger partial charge in [-0.1, -0.05) is 12.1 Å². The molecule has 1 aliphatic rings. The van der Waals surface area contributed by atoms with Gasteiger partial charge in [-0.15, -0.1) is 11.8 Å². The summed E-state index contributed by atoms with van der Waals surface area (Å²) in [5.74, 6) is -0.486. The first-order valence-electron chi connectivity index (χ1n) is 6.95. The van der Waals surface area contributed by atoms with Crippen LogP contribution in [-0.4, -0.2) is 53.4 Å². The maximum Gasteiger partial charge on any atom is 0.326 e. The van der Waals surface area contributed by atoms with Crippen molar-refractivity contribution in [3.63, 3.8) is 0 Å². The van der Waals surface area contributed by atoms with Crippen molar-refractivity contribution in [2.24, 2.45) is 0 Å². The Morgan fingerprint density at radius 3 is 2.82 bits per heavy atom. The van der Waals surface area contributed by atoms with Crippen LogP contribution in [0.4, 0.5) is 0 Å². The number of likely N-dealkylation sites (tertiary alicyclic amines) is 1. The average Bonchev–Trinajstić information content (AvgIpc) is 2.94. The SMILES string of the molecule is COC1CC(C(=O)O)N(C(=O)CCSc2ccccc2Br)C1. The van der Waals surface area contributed by atoms with Gasteiger partial charge in [0.05, 0.1) is 6.10 Å². The fourth-order valence-electron chi connectivity index (χ4n) is 2.43. The lowest BCUT2D eigenvalue weighted by Gasteiger charge is -2.21. The summed E-state index contributed by atoms with van der Waals surface area (Å²) in [7, 11) is 1.54. The highest BCUT2D eigenvalue weighted by molar-refractivity contribution is 9.10. The third-order valence-corrected chi connectivity index (χ3v) is 5.64. The van der Waals surface area contributed by atoms with E-state index in [2.05, 4.69) is 15.9 Å². The van der Waals surface area contributed by atoms with Crippen molar-refractivity contribution in [3.8, 4) is 0 Å². The zero-order valence-corrected chi connectivity index (χ0v) is 14.6. The van der Waals surface area contributed by atoms with Crippen LogP contribution in [0.5, 0.6) is 0 Å². The topological polar surface area (TPSA) is 66.8 Å². The highest BCUT2D eigenvalue weighted by Gasteiger charge is 2.39. The number of carboxylic acids is 1. The van der Waals surface area contributed by atoms with E-state index in [-0.39, 0.29) is 12.0 Å². The van der Waals surface area contributed by atoms with Crippen LogP contribution in [-0.2, 0) is 14.3 Å². The fraction of sp³-hybridized carbons (Fsp3) is 0.467. The molecule has 2 rings (SSSR count). The van der Waals surface area contributed by atoms with Gasteiger partial charge in [-0.05, 0) is 28.1 Å². The molecule has 22 heavy (non-hydrogen) atoms. The Labute approximate surface area is 142 Å². The van der Waals surface area contributed by atoms with Crippen molar-refractivity contribution in [3.05, 3.63) is 28.7 Å². The van der Waals surface area contributed by atoms with Crippen molar-refractivity contribution < 1.29 is 19.4 Å². The molecule has 1 aromatic carbocycles. The van der Waals surface area contributed by atoms with Gasteiger partial charge in [0, 0.05) is 41.6 Å². The van der Waals surface area contributed by atoms with Crippen LogP contribution in [0.15, 0.2) is 33.6 Å². The van der Waals surface area contributed by atoms with E-state index in [0.29, 0.717) is 25.1 Å². The van der Waals surface area contributed by atoms with Gasteiger partial charge < -0.3 is 14.7 Å². The summed E-state index contributed by atoms with van der Waals surface area (Å²) in [6.07, 6.45) is 0.474. The third-order valence-electron chi connectivity index (χ3n) is 3.61. The molecule has 0 aliphatic carbocycles. The van der Waals surface area contributed by atoms with E-state index in [0.717, 1.165) is 9.37 Å². The Balaban J connectivity index is 1.88. The molecular weight excluding hydrogens is 370 g/mol. The van der Waals surface area contributed by atoms with E-state index in [4.69, 9.17) is 4.74 Å². The third kappa shape index (κ3) is 4.24. The summed E-state index contributed by atoms with van der Waals surface area (Å²) in [6, 6.07) is 7.04. The Morgan fingerprint density at radius 1 is 1.45 bits per heavy atom. The van der Waals surface area contributed by atoms with Gasteiger partial charge in [0.2, 0.25) is 5.91 Å². The summed E-state index contributed by atoms with van der Waals surface area (Å²) < 4.78 is 6.19. The Hall–Kier alpha value is -1.05. The highest BCUT2D eigenvalue weighted by Crippen LogP contribution is 2.28. The number of methoxy groups -OCH3 is 1. The molecule has 1 saturated heterocycles. The van der Waals surface area contributed by atoms with Gasteiger partial charge in [0.15, 0.2) is 0 Å². The number of benzene rings is 1. The molecule has 120 valence electrons. The first-order chi connectivity index (χ1) is 10.5. The van der Waals surface area contributed by atoms with E-state index < -0.39 is 12.0 Å². The molecule has 2 atom stereocenters. The number of halogens is 1. The predicted molar refractivity (Wildman–Crippen MR) is 88.0 cm³/mol. The maximum absolute atomic E-state index is 12.3. The lowest BCUT2D eigenvalue weighted by atomic mass is 10.2. The minimum Gasteiger partial charge on any atom is -0.480 e. The van der Waals surface area contributed by atoms with Crippen LogP contribution < -0.4 is 0 Å². The number of hydrogen-bond acceptors (Lipinski definition) is 4. The summed E-state index contributed by atoms with van der Waals surface area (Å²) in [6.45, 7) is 0.353. The van der Waals surface area contributed by atoms with E-state index in [1.54, 1.807) is 18.9 Å². The number of nitrogens with zero attached hydrogens (tertiary/aromatic N) is 1. The van der Waals surface area contributed by atoms with E-state index in [1.165, 1.54) is 4.90 Å². The van der Waals surface area contributed by atoms with Crippen LogP contribution in [0, 0.1) is 0 Å². The number of carbonyl (C=O) groups excluding carboxylic acids is 1. The monoisotopic (exact) mass is 387 g/mol. The number of ether oxygens (including phenoxy) is 1. The largest absolute Gasteiger partial charge is 0.480 e. The minimum atomic E-state index is -0.966. The van der Waals surface area contributed by atoms with E-state index in [9.17, 15) is 14.7 Å². The number of aliphatic carboxylic acids is 1. The standard InChI is InChI=1S/C15H18BrNO4S/c1-21-10-8-12(15(19)20)17(9-10)14(18)6-7-22-13-5-3-2-4-11(13)16/h2-5,10,12H,6-9H2,1H3,(H,19,20). The molecule has 5 nitrogen and oxygen atoms in total. The number of hydrogen-bond donors (Lipinski definition) is 1. The van der Waals surface area contributed by atoms with Gasteiger partial charge in [0.1, 0.15) is 6.04 Å². The van der Waals surface area contributed by atoms with E-state index in [1.807, 2.05) is 24.3 Å². The predicted octanol–water partition coefficient (Wildman–Crippen LogP) is 2.63. The van der Waals surface area contributed by atoms with Gasteiger partial charge >= 0.3 is 5.97 Å². The normalized spacial score (nSPS) is 21.1. The molecule has 0 aromatic heterocycles. The lowest BCUT2D eigenvalue weighted by molar-refractivity contribution is -0.148. The Bertz CT molecular complexity index is 554. The maximum atomic E-state index is 12.3. The van der Waals surface area contributed by atoms with E-state index >= 15 is 0 Å². The van der Waals surface area contributed by atoms with Crippen LogP contribution in [0.2, 0.25) is 0 Å². The van der Waals surface area contributed by atoms with Crippen LogP contribution in [0.3, 0.4) is 0 Å². The van der Waals surface area contributed by atoms with Gasteiger partial charge in [0.25, 0.3) is 0 Å². The molecule has 1 aliphatic heterocycles. The first kappa shape index (κ1) is 17.3. The molecule has 2 unspecified atom stereocenters. The second kappa shape index (κ2) is 7.99. The second-order valence-electron chi connectivity index (χ2n) is 5.02. The van der Waals surface area contributed by atoms with Crippen molar-refractivity contribution in [1.82, 2.24) is 4.90 Å². The molecule has 1 fully saturated rings. The van der Waals surface area contributed by atoms with Crippen molar-refractivity contribution in [2.75, 3.05) is 19.4 Å².